The van der Waals surface area contributed by atoms with E-state index in [1.54, 1.807) is 12.4 Å². The topological polar surface area (TPSA) is 92.3 Å². The Hall–Kier alpha value is -1.74. The van der Waals surface area contributed by atoms with Crippen LogP contribution >= 0.6 is 0 Å². The lowest BCUT2D eigenvalue weighted by molar-refractivity contribution is -0.192. The lowest BCUT2D eigenvalue weighted by Gasteiger charge is -2.37. The molecule has 2 fully saturated rings. The van der Waals surface area contributed by atoms with Crippen LogP contribution in [0, 0.1) is 0 Å². The quantitative estimate of drug-likeness (QED) is 0.854. The smallest absolute Gasteiger partial charge is 0.475 e. The highest BCUT2D eigenvalue weighted by atomic mass is 19.4. The number of rotatable bonds is 2. The molecule has 9 heteroatoms. The van der Waals surface area contributed by atoms with Crippen molar-refractivity contribution < 1.29 is 23.1 Å². The molecule has 1 unspecified atom stereocenters. The van der Waals surface area contributed by atoms with Crippen molar-refractivity contribution in [2.45, 2.75) is 56.5 Å². The Morgan fingerprint density at radius 2 is 1.87 bits per heavy atom. The molecule has 2 aliphatic heterocycles. The molecule has 2 bridgehead atoms. The second kappa shape index (κ2) is 7.22. The fourth-order valence-corrected chi connectivity index (χ4v) is 3.17. The summed E-state index contributed by atoms with van der Waals surface area (Å²) in [5, 5.41) is 7.12. The number of halogens is 3. The van der Waals surface area contributed by atoms with Crippen LogP contribution in [0.25, 0.3) is 0 Å². The normalized spacial score (nSPS) is 27.2. The molecule has 2 saturated heterocycles. The van der Waals surface area contributed by atoms with Crippen molar-refractivity contribution in [2.24, 2.45) is 5.73 Å². The average Bonchev–Trinajstić information content (AvgIpc) is 2.71. The zero-order valence-corrected chi connectivity index (χ0v) is 12.4. The highest BCUT2D eigenvalue weighted by Gasteiger charge is 2.39. The fourth-order valence-electron chi connectivity index (χ4n) is 3.17. The van der Waals surface area contributed by atoms with Crippen LogP contribution in [0.2, 0.25) is 0 Å². The summed E-state index contributed by atoms with van der Waals surface area (Å²) in [5.74, 6) is -2.76. The van der Waals surface area contributed by atoms with Gasteiger partial charge in [0.15, 0.2) is 0 Å². The van der Waals surface area contributed by atoms with E-state index in [-0.39, 0.29) is 0 Å². The summed E-state index contributed by atoms with van der Waals surface area (Å²) in [5.41, 5.74) is 7.14. The Balaban J connectivity index is 0.000000236. The standard InChI is InChI=1S/C12H18N4.C2HF3O2/c13-9-5-11-1-2-12(6-9)16(11)8-10-7-14-3-4-15-10;3-2(4,5)1(6)7/h3-4,7,9,11-12H,1-2,5-6,8,13H2;(H,6,7)/t9?,11-,12+;. The van der Waals surface area contributed by atoms with E-state index < -0.39 is 12.1 Å². The first-order valence-electron chi connectivity index (χ1n) is 7.33. The van der Waals surface area contributed by atoms with Crippen LogP contribution in [0.1, 0.15) is 31.4 Å². The number of nitrogens with zero attached hydrogens (tertiary/aromatic N) is 3. The maximum absolute atomic E-state index is 10.6. The maximum Gasteiger partial charge on any atom is 0.490 e. The molecular weight excluding hydrogens is 313 g/mol. The number of aliphatic carboxylic acids is 1. The SMILES string of the molecule is NC1C[C@H]2CC[C@@H](C1)N2Cc1cnccn1.O=C(O)C(F)(F)F. The van der Waals surface area contributed by atoms with E-state index in [0.29, 0.717) is 18.1 Å². The van der Waals surface area contributed by atoms with Crippen molar-refractivity contribution in [3.8, 4) is 0 Å². The van der Waals surface area contributed by atoms with Gasteiger partial charge in [0.2, 0.25) is 0 Å². The van der Waals surface area contributed by atoms with Gasteiger partial charge >= 0.3 is 12.1 Å². The summed E-state index contributed by atoms with van der Waals surface area (Å²) in [6.07, 6.45) is 5.19. The molecular formula is C14H19F3N4O2. The van der Waals surface area contributed by atoms with E-state index >= 15 is 0 Å². The first-order valence-corrected chi connectivity index (χ1v) is 7.33. The number of hydrogen-bond donors (Lipinski definition) is 2. The largest absolute Gasteiger partial charge is 0.490 e. The molecule has 0 spiro atoms. The molecule has 0 saturated carbocycles. The molecule has 23 heavy (non-hydrogen) atoms. The van der Waals surface area contributed by atoms with Crippen molar-refractivity contribution in [1.29, 1.82) is 0 Å². The Bertz CT molecular complexity index is 513. The maximum atomic E-state index is 10.6. The fraction of sp³-hybridized carbons (Fsp3) is 0.643. The van der Waals surface area contributed by atoms with Gasteiger partial charge in [-0.25, -0.2) is 4.79 Å². The highest BCUT2D eigenvalue weighted by Crippen LogP contribution is 2.35. The number of nitrogens with two attached hydrogens (primary N) is 1. The number of piperidine rings is 1. The number of alkyl halides is 3. The van der Waals surface area contributed by atoms with Crippen LogP contribution in [0.15, 0.2) is 18.6 Å². The zero-order chi connectivity index (χ0) is 17.0. The number of fused-ring (bicyclic) bond motifs is 2. The van der Waals surface area contributed by atoms with Crippen LogP contribution in [-0.2, 0) is 11.3 Å². The van der Waals surface area contributed by atoms with Crippen LogP contribution in [0.4, 0.5) is 13.2 Å². The Labute approximate surface area is 131 Å². The van der Waals surface area contributed by atoms with Gasteiger partial charge in [0.1, 0.15) is 0 Å². The van der Waals surface area contributed by atoms with E-state index in [2.05, 4.69) is 14.9 Å². The summed E-state index contributed by atoms with van der Waals surface area (Å²) in [6, 6.07) is 1.77. The predicted octanol–water partition coefficient (Wildman–Crippen LogP) is 1.56. The van der Waals surface area contributed by atoms with Gasteiger partial charge in [-0.2, -0.15) is 13.2 Å². The number of aromatic nitrogens is 2. The van der Waals surface area contributed by atoms with Gasteiger partial charge in [-0.15, -0.1) is 0 Å². The van der Waals surface area contributed by atoms with Gasteiger partial charge in [0.05, 0.1) is 5.69 Å². The molecule has 3 N–H and O–H groups in total. The number of carboxylic acids is 1. The second-order valence-corrected chi connectivity index (χ2v) is 5.79. The van der Waals surface area contributed by atoms with Gasteiger partial charge in [-0.3, -0.25) is 14.9 Å². The molecule has 2 aliphatic rings. The summed E-state index contributed by atoms with van der Waals surface area (Å²) in [4.78, 5) is 19.9. The van der Waals surface area contributed by atoms with E-state index in [1.807, 2.05) is 6.20 Å². The third kappa shape index (κ3) is 4.87. The van der Waals surface area contributed by atoms with Crippen molar-refractivity contribution in [1.82, 2.24) is 14.9 Å². The van der Waals surface area contributed by atoms with Gasteiger partial charge in [0.25, 0.3) is 0 Å². The van der Waals surface area contributed by atoms with E-state index in [9.17, 15) is 13.2 Å². The third-order valence-electron chi connectivity index (χ3n) is 4.12. The zero-order valence-electron chi connectivity index (χ0n) is 12.4. The molecule has 0 aliphatic carbocycles. The minimum Gasteiger partial charge on any atom is -0.475 e. The van der Waals surface area contributed by atoms with Crippen molar-refractivity contribution in [2.75, 3.05) is 0 Å². The minimum atomic E-state index is -5.08. The first kappa shape index (κ1) is 17.6. The summed E-state index contributed by atoms with van der Waals surface area (Å²) in [6.45, 7) is 0.940. The third-order valence-corrected chi connectivity index (χ3v) is 4.12. The van der Waals surface area contributed by atoms with E-state index in [4.69, 9.17) is 15.6 Å². The van der Waals surface area contributed by atoms with Gasteiger partial charge < -0.3 is 10.8 Å². The summed E-state index contributed by atoms with van der Waals surface area (Å²) < 4.78 is 31.7. The van der Waals surface area contributed by atoms with Gasteiger partial charge in [0, 0.05) is 43.3 Å². The molecule has 3 atom stereocenters. The molecule has 0 aromatic carbocycles. The molecule has 128 valence electrons. The molecule has 0 radical (unpaired) electrons. The monoisotopic (exact) mass is 332 g/mol. The first-order chi connectivity index (χ1) is 10.8. The molecule has 1 aromatic rings. The van der Waals surface area contributed by atoms with Crippen molar-refractivity contribution in [3.05, 3.63) is 24.3 Å². The number of carbonyl (C=O) groups is 1. The molecule has 0 amide bonds. The van der Waals surface area contributed by atoms with Crippen LogP contribution in [0.3, 0.4) is 0 Å². The Kier molecular flexibility index (Phi) is 5.53. The highest BCUT2D eigenvalue weighted by molar-refractivity contribution is 5.73. The summed E-state index contributed by atoms with van der Waals surface area (Å²) >= 11 is 0. The number of carboxylic acid groups (broad SMARTS) is 1. The molecule has 3 rings (SSSR count). The lowest BCUT2D eigenvalue weighted by Crippen LogP contribution is -2.46. The average molecular weight is 332 g/mol. The van der Waals surface area contributed by atoms with Gasteiger partial charge in [-0.05, 0) is 25.7 Å². The molecule has 1 aromatic heterocycles. The number of hydrogen-bond acceptors (Lipinski definition) is 5. The Morgan fingerprint density at radius 3 is 2.30 bits per heavy atom. The second-order valence-electron chi connectivity index (χ2n) is 5.79. The minimum absolute atomic E-state index is 0.413. The van der Waals surface area contributed by atoms with Crippen LogP contribution < -0.4 is 5.73 Å². The predicted molar refractivity (Wildman–Crippen MR) is 75.3 cm³/mol. The van der Waals surface area contributed by atoms with Crippen LogP contribution in [0.5, 0.6) is 0 Å². The summed E-state index contributed by atoms with van der Waals surface area (Å²) in [7, 11) is 0. The van der Waals surface area contributed by atoms with Crippen LogP contribution in [-0.4, -0.2) is 50.2 Å². The molecule has 3 heterocycles. The van der Waals surface area contributed by atoms with Crippen molar-refractivity contribution >= 4 is 5.97 Å². The molecule has 6 nitrogen and oxygen atoms in total. The van der Waals surface area contributed by atoms with E-state index in [1.165, 1.54) is 12.8 Å². The van der Waals surface area contributed by atoms with Crippen molar-refractivity contribution in [3.63, 3.8) is 0 Å². The van der Waals surface area contributed by atoms with Gasteiger partial charge in [-0.1, -0.05) is 0 Å². The lowest BCUT2D eigenvalue weighted by atomic mass is 9.98. The Morgan fingerprint density at radius 1 is 1.30 bits per heavy atom. The van der Waals surface area contributed by atoms with E-state index in [0.717, 1.165) is 25.1 Å².